The minimum atomic E-state index is -0.510. The number of imide groups is 1. The average molecular weight is 247 g/mol. The van der Waals surface area contributed by atoms with Gasteiger partial charge in [0.1, 0.15) is 23.5 Å². The first-order valence-corrected chi connectivity index (χ1v) is 5.49. The van der Waals surface area contributed by atoms with Crippen LogP contribution in [0, 0.1) is 18.3 Å². The second-order valence-corrected chi connectivity index (χ2v) is 4.24. The Kier molecular flexibility index (Phi) is 2.79. The van der Waals surface area contributed by atoms with E-state index in [9.17, 15) is 9.59 Å². The van der Waals surface area contributed by atoms with Crippen LogP contribution in [0.15, 0.2) is 0 Å². The maximum absolute atomic E-state index is 11.6. The number of hydrogen-bond acceptors (Lipinski definition) is 5. The Labute approximate surface area is 104 Å². The van der Waals surface area contributed by atoms with Gasteiger partial charge in [-0.25, -0.2) is 0 Å². The van der Waals surface area contributed by atoms with E-state index in [1.807, 2.05) is 0 Å². The highest BCUT2D eigenvalue weighted by atomic mass is 16.2. The van der Waals surface area contributed by atoms with Crippen molar-refractivity contribution >= 4 is 17.6 Å². The summed E-state index contributed by atoms with van der Waals surface area (Å²) in [5.74, 6) is -0.236. The normalized spacial score (nSPS) is 19.7. The number of carbonyl (C=O) groups is 2. The number of amides is 2. The Balaban J connectivity index is 2.51. The molecule has 1 fully saturated rings. The zero-order valence-corrected chi connectivity index (χ0v) is 10.4. The quantitative estimate of drug-likeness (QED) is 0.672. The van der Waals surface area contributed by atoms with Gasteiger partial charge in [0.2, 0.25) is 11.8 Å². The molecule has 1 saturated heterocycles. The van der Waals surface area contributed by atoms with Crippen LogP contribution in [-0.4, -0.2) is 34.2 Å². The van der Waals surface area contributed by atoms with Crippen LogP contribution in [0.3, 0.4) is 0 Å². The predicted molar refractivity (Wildman–Crippen MR) is 62.6 cm³/mol. The van der Waals surface area contributed by atoms with Crippen molar-refractivity contribution in [3.63, 3.8) is 0 Å². The molecular formula is C11H13N5O2. The van der Waals surface area contributed by atoms with Crippen LogP contribution in [0.1, 0.15) is 18.2 Å². The maximum Gasteiger partial charge on any atom is 0.249 e. The Hall–Kier alpha value is -2.36. The lowest BCUT2D eigenvalue weighted by Gasteiger charge is -2.33. The van der Waals surface area contributed by atoms with Crippen molar-refractivity contribution in [1.29, 1.82) is 5.26 Å². The number of aryl methyl sites for hydroxylation is 2. The minimum absolute atomic E-state index is 0.0422. The zero-order chi connectivity index (χ0) is 13.4. The smallest absolute Gasteiger partial charge is 0.249 e. The van der Waals surface area contributed by atoms with E-state index < -0.39 is 6.04 Å². The van der Waals surface area contributed by atoms with Crippen LogP contribution >= 0.6 is 0 Å². The maximum atomic E-state index is 11.6. The Bertz CT molecular complexity index is 569. The van der Waals surface area contributed by atoms with Crippen molar-refractivity contribution in [2.75, 3.05) is 11.4 Å². The fourth-order valence-corrected chi connectivity index (χ4v) is 2.08. The van der Waals surface area contributed by atoms with Crippen molar-refractivity contribution < 1.29 is 9.59 Å². The highest BCUT2D eigenvalue weighted by Crippen LogP contribution is 2.25. The minimum Gasteiger partial charge on any atom is -0.335 e. The Morgan fingerprint density at radius 3 is 2.78 bits per heavy atom. The standard InChI is InChI=1S/C11H13N5O2/c1-6-8(4-12)11(15(3)14-6)16-5-9(17)13-10(18)7(16)2/h7H,5H2,1-3H3,(H,13,17,18). The highest BCUT2D eigenvalue weighted by molar-refractivity contribution is 6.04. The number of nitriles is 1. The summed E-state index contributed by atoms with van der Waals surface area (Å²) in [6.45, 7) is 3.45. The summed E-state index contributed by atoms with van der Waals surface area (Å²) in [7, 11) is 1.69. The van der Waals surface area contributed by atoms with Gasteiger partial charge in [-0.3, -0.25) is 19.6 Å². The largest absolute Gasteiger partial charge is 0.335 e. The number of piperazine rings is 1. The van der Waals surface area contributed by atoms with Gasteiger partial charge in [-0.15, -0.1) is 0 Å². The summed E-state index contributed by atoms with van der Waals surface area (Å²) >= 11 is 0. The molecule has 1 N–H and O–H groups in total. The molecule has 7 nitrogen and oxygen atoms in total. The van der Waals surface area contributed by atoms with Gasteiger partial charge < -0.3 is 4.90 Å². The monoisotopic (exact) mass is 247 g/mol. The van der Waals surface area contributed by atoms with Gasteiger partial charge in [-0.05, 0) is 13.8 Å². The molecule has 18 heavy (non-hydrogen) atoms. The van der Waals surface area contributed by atoms with Crippen molar-refractivity contribution in [2.45, 2.75) is 19.9 Å². The molecule has 7 heteroatoms. The molecule has 0 saturated carbocycles. The molecule has 1 aliphatic rings. The van der Waals surface area contributed by atoms with E-state index >= 15 is 0 Å². The van der Waals surface area contributed by atoms with Crippen molar-refractivity contribution in [1.82, 2.24) is 15.1 Å². The molecule has 2 heterocycles. The van der Waals surface area contributed by atoms with E-state index in [4.69, 9.17) is 5.26 Å². The molecule has 0 spiro atoms. The summed E-state index contributed by atoms with van der Waals surface area (Å²) < 4.78 is 1.52. The van der Waals surface area contributed by atoms with Gasteiger partial charge in [0.15, 0.2) is 0 Å². The van der Waals surface area contributed by atoms with Crippen LogP contribution in [0.25, 0.3) is 0 Å². The van der Waals surface area contributed by atoms with E-state index in [1.165, 1.54) is 4.68 Å². The lowest BCUT2D eigenvalue weighted by molar-refractivity contribution is -0.132. The van der Waals surface area contributed by atoms with Gasteiger partial charge in [0.25, 0.3) is 0 Å². The van der Waals surface area contributed by atoms with Crippen molar-refractivity contribution in [3.05, 3.63) is 11.3 Å². The number of aromatic nitrogens is 2. The lowest BCUT2D eigenvalue weighted by atomic mass is 10.1. The SMILES string of the molecule is Cc1nn(C)c(N2CC(=O)NC(=O)C2C)c1C#N. The molecule has 1 atom stereocenters. The van der Waals surface area contributed by atoms with E-state index in [0.29, 0.717) is 17.1 Å². The topological polar surface area (TPSA) is 91.0 Å². The molecule has 1 aromatic rings. The first-order valence-electron chi connectivity index (χ1n) is 5.49. The second kappa shape index (κ2) is 4.14. The number of rotatable bonds is 1. The van der Waals surface area contributed by atoms with E-state index in [2.05, 4.69) is 16.5 Å². The average Bonchev–Trinajstić information content (AvgIpc) is 2.58. The molecule has 1 aromatic heterocycles. The molecule has 2 rings (SSSR count). The number of anilines is 1. The van der Waals surface area contributed by atoms with Crippen molar-refractivity contribution in [2.24, 2.45) is 7.05 Å². The second-order valence-electron chi connectivity index (χ2n) is 4.24. The molecule has 0 aromatic carbocycles. The number of carbonyl (C=O) groups excluding carboxylic acids is 2. The Morgan fingerprint density at radius 1 is 1.50 bits per heavy atom. The van der Waals surface area contributed by atoms with Crippen LogP contribution in [0.2, 0.25) is 0 Å². The lowest BCUT2D eigenvalue weighted by Crippen LogP contribution is -2.57. The fraction of sp³-hybridized carbons (Fsp3) is 0.455. The Morgan fingerprint density at radius 2 is 2.17 bits per heavy atom. The summed E-state index contributed by atoms with van der Waals surface area (Å²) in [5, 5.41) is 15.6. The molecule has 1 unspecified atom stereocenters. The first kappa shape index (κ1) is 12.1. The molecule has 0 radical (unpaired) electrons. The van der Waals surface area contributed by atoms with Gasteiger partial charge in [0.05, 0.1) is 12.2 Å². The predicted octanol–water partition coefficient (Wildman–Crippen LogP) is -0.548. The van der Waals surface area contributed by atoms with Gasteiger partial charge in [-0.1, -0.05) is 0 Å². The van der Waals surface area contributed by atoms with E-state index in [0.717, 1.165) is 0 Å². The first-order chi connectivity index (χ1) is 8.45. The number of hydrogen-bond donors (Lipinski definition) is 1. The van der Waals surface area contributed by atoms with E-state index in [1.54, 1.807) is 25.8 Å². The van der Waals surface area contributed by atoms with Gasteiger partial charge in [-0.2, -0.15) is 10.4 Å². The third-order valence-corrected chi connectivity index (χ3v) is 3.00. The zero-order valence-electron chi connectivity index (χ0n) is 10.4. The number of nitrogens with zero attached hydrogens (tertiary/aromatic N) is 4. The van der Waals surface area contributed by atoms with Crippen LogP contribution < -0.4 is 10.2 Å². The molecular weight excluding hydrogens is 234 g/mol. The van der Waals surface area contributed by atoms with Crippen LogP contribution in [0.4, 0.5) is 5.82 Å². The molecule has 0 bridgehead atoms. The molecule has 1 aliphatic heterocycles. The van der Waals surface area contributed by atoms with Gasteiger partial charge in [0, 0.05) is 7.05 Å². The summed E-state index contributed by atoms with van der Waals surface area (Å²) in [6, 6.07) is 1.55. The van der Waals surface area contributed by atoms with Crippen LogP contribution in [-0.2, 0) is 16.6 Å². The molecule has 0 aliphatic carbocycles. The number of nitrogens with one attached hydrogen (secondary N) is 1. The van der Waals surface area contributed by atoms with Gasteiger partial charge >= 0.3 is 0 Å². The third kappa shape index (κ3) is 1.72. The third-order valence-electron chi connectivity index (χ3n) is 3.00. The highest BCUT2D eigenvalue weighted by Gasteiger charge is 2.34. The molecule has 2 amide bonds. The van der Waals surface area contributed by atoms with Crippen molar-refractivity contribution in [3.8, 4) is 6.07 Å². The molecule has 94 valence electrons. The fourth-order valence-electron chi connectivity index (χ4n) is 2.08. The van der Waals surface area contributed by atoms with E-state index in [-0.39, 0.29) is 18.4 Å². The summed E-state index contributed by atoms with van der Waals surface area (Å²) in [5.41, 5.74) is 0.979. The van der Waals surface area contributed by atoms with Crippen LogP contribution in [0.5, 0.6) is 0 Å². The summed E-state index contributed by atoms with van der Waals surface area (Å²) in [4.78, 5) is 24.7. The summed E-state index contributed by atoms with van der Waals surface area (Å²) in [6.07, 6.45) is 0.